The Kier molecular flexibility index (Phi) is 3.78. The first-order chi connectivity index (χ1) is 9.95. The van der Waals surface area contributed by atoms with Crippen LogP contribution in [0.25, 0.3) is 0 Å². The van der Waals surface area contributed by atoms with E-state index in [1.54, 1.807) is 0 Å². The Bertz CT molecular complexity index is 656. The maximum Gasteiger partial charge on any atom is 0.349 e. The molecule has 3 N–H and O–H groups in total. The number of thiophene rings is 1. The number of carbonyl (C=O) groups excluding carboxylic acids is 1. The van der Waals surface area contributed by atoms with E-state index in [9.17, 15) is 13.2 Å². The first-order valence-corrected chi connectivity index (χ1v) is 8.87. The number of fused-ring (bicyclic) bond motifs is 1. The molecule has 4 unspecified atom stereocenters. The molecular formula is C12H16N2O5S2. The summed E-state index contributed by atoms with van der Waals surface area (Å²) in [5.41, 5.74) is 6.00. The summed E-state index contributed by atoms with van der Waals surface area (Å²) < 4.78 is 37.6. The molecule has 0 radical (unpaired) electrons. The summed E-state index contributed by atoms with van der Waals surface area (Å²) in [6, 6.07) is 0.677. The van der Waals surface area contributed by atoms with Gasteiger partial charge < -0.3 is 15.2 Å². The van der Waals surface area contributed by atoms with Crippen LogP contribution in [0, 0.1) is 5.92 Å². The third-order valence-electron chi connectivity index (χ3n) is 4.03. The smallest absolute Gasteiger partial charge is 0.349 e. The highest BCUT2D eigenvalue weighted by Gasteiger charge is 2.53. The fourth-order valence-corrected chi connectivity index (χ4v) is 5.50. The van der Waals surface area contributed by atoms with Crippen LogP contribution in [0.2, 0.25) is 0 Å². The molecule has 1 saturated carbocycles. The van der Waals surface area contributed by atoms with Crippen molar-refractivity contribution in [1.29, 1.82) is 0 Å². The van der Waals surface area contributed by atoms with Gasteiger partial charge >= 0.3 is 5.97 Å². The van der Waals surface area contributed by atoms with Gasteiger partial charge in [0.25, 0.3) is 0 Å². The number of ether oxygens (including phenoxy) is 2. The lowest BCUT2D eigenvalue weighted by Gasteiger charge is -2.45. The van der Waals surface area contributed by atoms with Gasteiger partial charge in [-0.25, -0.2) is 17.9 Å². The van der Waals surface area contributed by atoms with E-state index < -0.39 is 22.0 Å². The molecule has 1 aromatic heterocycles. The summed E-state index contributed by atoms with van der Waals surface area (Å²) in [6.45, 7) is 0.604. The summed E-state index contributed by atoms with van der Waals surface area (Å²) in [7, 11) is -2.62. The molecule has 9 heteroatoms. The van der Waals surface area contributed by atoms with Crippen LogP contribution in [0.1, 0.15) is 16.1 Å². The highest BCUT2D eigenvalue weighted by atomic mass is 32.2. The molecule has 2 fully saturated rings. The van der Waals surface area contributed by atoms with Crippen molar-refractivity contribution >= 4 is 27.3 Å². The highest BCUT2D eigenvalue weighted by molar-refractivity contribution is 7.89. The zero-order valence-electron chi connectivity index (χ0n) is 11.3. The molecular weight excluding hydrogens is 316 g/mol. The molecule has 1 aromatic rings. The van der Waals surface area contributed by atoms with Crippen LogP contribution < -0.4 is 10.5 Å². The third kappa shape index (κ3) is 2.38. The number of carbonyl (C=O) groups is 1. The SMILES string of the molecule is COC(=O)c1sccc1S(=O)(=O)NC1C(N)C2CCOC21. The fraction of sp³-hybridized carbons (Fsp3) is 0.583. The number of hydrogen-bond acceptors (Lipinski definition) is 7. The minimum Gasteiger partial charge on any atom is -0.465 e. The van der Waals surface area contributed by atoms with Gasteiger partial charge in [0.1, 0.15) is 9.77 Å². The van der Waals surface area contributed by atoms with Crippen molar-refractivity contribution in [2.75, 3.05) is 13.7 Å². The fourth-order valence-electron chi connectivity index (χ4n) is 2.89. The Hall–Kier alpha value is -1.00. The van der Waals surface area contributed by atoms with E-state index in [4.69, 9.17) is 10.5 Å². The maximum atomic E-state index is 12.4. The second kappa shape index (κ2) is 5.33. The van der Waals surface area contributed by atoms with E-state index >= 15 is 0 Å². The van der Waals surface area contributed by atoms with Crippen LogP contribution in [0.15, 0.2) is 16.3 Å². The molecule has 4 atom stereocenters. The normalized spacial score (nSPS) is 31.5. The minimum absolute atomic E-state index is 0.0572. The Morgan fingerprint density at radius 2 is 2.33 bits per heavy atom. The predicted molar refractivity (Wildman–Crippen MR) is 75.6 cm³/mol. The van der Waals surface area contributed by atoms with Crippen molar-refractivity contribution in [3.8, 4) is 0 Å². The van der Waals surface area contributed by atoms with Gasteiger partial charge in [-0.1, -0.05) is 0 Å². The number of esters is 1. The van der Waals surface area contributed by atoms with Gasteiger partial charge in [-0.3, -0.25) is 0 Å². The van der Waals surface area contributed by atoms with Crippen LogP contribution in [-0.4, -0.2) is 46.3 Å². The molecule has 3 rings (SSSR count). The van der Waals surface area contributed by atoms with Gasteiger partial charge in [0.2, 0.25) is 10.0 Å². The number of rotatable bonds is 4. The predicted octanol–water partition coefficient (Wildman–Crippen LogP) is -0.0724. The van der Waals surface area contributed by atoms with Gasteiger partial charge in [-0.2, -0.15) is 0 Å². The summed E-state index contributed by atoms with van der Waals surface area (Å²) in [6.07, 6.45) is 0.686. The van der Waals surface area contributed by atoms with Crippen molar-refractivity contribution in [3.05, 3.63) is 16.3 Å². The van der Waals surface area contributed by atoms with E-state index in [-0.39, 0.29) is 27.8 Å². The molecule has 0 amide bonds. The molecule has 1 aliphatic carbocycles. The Balaban J connectivity index is 1.82. The van der Waals surface area contributed by atoms with E-state index in [1.807, 2.05) is 0 Å². The lowest BCUT2D eigenvalue weighted by molar-refractivity contribution is -0.00924. The van der Waals surface area contributed by atoms with Crippen LogP contribution in [-0.2, 0) is 19.5 Å². The van der Waals surface area contributed by atoms with Gasteiger partial charge in [0.05, 0.1) is 19.3 Å². The number of sulfonamides is 1. The van der Waals surface area contributed by atoms with Crippen molar-refractivity contribution in [3.63, 3.8) is 0 Å². The monoisotopic (exact) mass is 332 g/mol. The Labute approximate surface area is 126 Å². The third-order valence-corrected chi connectivity index (χ3v) is 6.55. The average molecular weight is 332 g/mol. The molecule has 0 bridgehead atoms. The van der Waals surface area contributed by atoms with Gasteiger partial charge in [-0.05, 0) is 17.9 Å². The van der Waals surface area contributed by atoms with Crippen LogP contribution >= 0.6 is 11.3 Å². The van der Waals surface area contributed by atoms with E-state index in [0.717, 1.165) is 17.8 Å². The van der Waals surface area contributed by atoms with Crippen LogP contribution in [0.4, 0.5) is 0 Å². The topological polar surface area (TPSA) is 108 Å². The number of methoxy groups -OCH3 is 1. The average Bonchev–Trinajstić information content (AvgIpc) is 3.11. The van der Waals surface area contributed by atoms with E-state index in [0.29, 0.717) is 6.61 Å². The maximum absolute atomic E-state index is 12.4. The Morgan fingerprint density at radius 3 is 3.05 bits per heavy atom. The zero-order chi connectivity index (χ0) is 15.2. The summed E-state index contributed by atoms with van der Waals surface area (Å²) >= 11 is 1.03. The summed E-state index contributed by atoms with van der Waals surface area (Å²) in [5, 5.41) is 1.54. The number of nitrogens with two attached hydrogens (primary N) is 1. The molecule has 7 nitrogen and oxygen atoms in total. The minimum atomic E-state index is -3.83. The van der Waals surface area contributed by atoms with Gasteiger partial charge in [0.15, 0.2) is 0 Å². The van der Waals surface area contributed by atoms with Crippen molar-refractivity contribution in [2.45, 2.75) is 29.5 Å². The molecule has 21 heavy (non-hydrogen) atoms. The lowest BCUT2D eigenvalue weighted by atomic mass is 9.73. The van der Waals surface area contributed by atoms with E-state index in [2.05, 4.69) is 9.46 Å². The number of hydrogen-bond donors (Lipinski definition) is 2. The molecule has 1 aliphatic heterocycles. The van der Waals surface area contributed by atoms with Crippen molar-refractivity contribution in [1.82, 2.24) is 4.72 Å². The number of nitrogens with one attached hydrogen (secondary N) is 1. The lowest BCUT2D eigenvalue weighted by Crippen LogP contribution is -2.68. The second-order valence-corrected chi connectivity index (χ2v) is 7.72. The van der Waals surface area contributed by atoms with Crippen molar-refractivity contribution in [2.24, 2.45) is 11.7 Å². The first-order valence-electron chi connectivity index (χ1n) is 6.51. The molecule has 1 saturated heterocycles. The van der Waals surface area contributed by atoms with Gasteiger partial charge in [0, 0.05) is 18.6 Å². The van der Waals surface area contributed by atoms with Gasteiger partial charge in [-0.15, -0.1) is 11.3 Å². The van der Waals surface area contributed by atoms with Crippen LogP contribution in [0.5, 0.6) is 0 Å². The summed E-state index contributed by atoms with van der Waals surface area (Å²) in [5.74, 6) is -0.460. The standard InChI is InChI=1S/C12H16N2O5S2/c1-18-12(15)11-7(3-5-20-11)21(16,17)14-9-8(13)6-2-4-19-10(6)9/h3,5-6,8-10,14H,2,4,13H2,1H3. The summed E-state index contributed by atoms with van der Waals surface area (Å²) in [4.78, 5) is 11.6. The molecule has 2 aliphatic rings. The first kappa shape index (κ1) is 14.9. The molecule has 116 valence electrons. The van der Waals surface area contributed by atoms with Crippen molar-refractivity contribution < 1.29 is 22.7 Å². The molecule has 2 heterocycles. The van der Waals surface area contributed by atoms with Crippen LogP contribution in [0.3, 0.4) is 0 Å². The highest BCUT2D eigenvalue weighted by Crippen LogP contribution is 2.38. The van der Waals surface area contributed by atoms with E-state index in [1.165, 1.54) is 18.6 Å². The zero-order valence-corrected chi connectivity index (χ0v) is 12.9. The largest absolute Gasteiger partial charge is 0.465 e. The Morgan fingerprint density at radius 1 is 1.57 bits per heavy atom. The second-order valence-electron chi connectivity index (χ2n) is 5.12. The quantitative estimate of drug-likeness (QED) is 0.747. The molecule has 0 aromatic carbocycles. The molecule has 0 spiro atoms.